The van der Waals surface area contributed by atoms with E-state index in [1.165, 1.54) is 134 Å². The Hall–Kier alpha value is -7.60. The normalized spacial score (nSPS) is 18.0. The molecule has 0 bridgehead atoms. The molecule has 5 aliphatic rings. The molecule has 16 rings (SSSR count). The maximum absolute atomic E-state index is 7.53. The number of furan rings is 1. The summed E-state index contributed by atoms with van der Waals surface area (Å²) in [5, 5.41) is 3.59. The number of hydrogen-bond acceptors (Lipinski definition) is 4. The standard InChI is InChI=1S/C79H75BN2OS/c1-74(2,3)49-30-33-65(52(38-49)48-24-18-15-19-25-48)81-70-58-42-62-64(78(10,11)37-35-76(62,6)7)45-68(58)84-73(70)80-69-56(40-57-51-26-20-21-27-67(51)83-72(57)71(69)81)55-39-53-54-41-61-63(77(8,9)36-34-75(61,4)5)43-59(54)79(12,13)60(53)44-66(55)82(80)50-31-28-47(29-32-50)46-22-16-14-17-23-46/h14-33,38-45H,34-37H2,1-13H3. The van der Waals surface area contributed by atoms with Crippen molar-refractivity contribution in [1.29, 1.82) is 0 Å². The average molecular weight is 1110 g/mol. The lowest BCUT2D eigenvalue weighted by Gasteiger charge is -2.45. The predicted molar refractivity (Wildman–Crippen MR) is 361 cm³/mol. The van der Waals surface area contributed by atoms with Crippen LogP contribution in [0.15, 0.2) is 174 Å². The van der Waals surface area contributed by atoms with E-state index in [4.69, 9.17) is 4.42 Å². The molecule has 0 amide bonds. The van der Waals surface area contributed by atoms with Crippen LogP contribution in [0.3, 0.4) is 0 Å². The molecule has 9 aromatic carbocycles. The molecule has 0 fully saturated rings. The number of rotatable bonds is 4. The second-order valence-corrected chi connectivity index (χ2v) is 30.8. The zero-order chi connectivity index (χ0) is 57.9. The second-order valence-electron chi connectivity index (χ2n) is 29.8. The summed E-state index contributed by atoms with van der Waals surface area (Å²) in [6, 6.07) is 66.0. The van der Waals surface area contributed by atoms with Gasteiger partial charge in [0.25, 0.3) is 0 Å². The topological polar surface area (TPSA) is 19.6 Å². The summed E-state index contributed by atoms with van der Waals surface area (Å²) in [5.41, 5.74) is 29.2. The number of para-hydroxylation sites is 1. The molecule has 0 saturated carbocycles. The number of thiophene rings is 1. The number of nitrogens with zero attached hydrogens (tertiary/aromatic N) is 2. The van der Waals surface area contributed by atoms with Crippen molar-refractivity contribution in [2.24, 2.45) is 0 Å². The van der Waals surface area contributed by atoms with E-state index in [1.54, 1.807) is 0 Å². The highest BCUT2D eigenvalue weighted by Gasteiger charge is 2.51. The van der Waals surface area contributed by atoms with E-state index in [9.17, 15) is 0 Å². The van der Waals surface area contributed by atoms with Crippen molar-refractivity contribution < 1.29 is 4.42 Å². The Bertz CT molecular complexity index is 4620. The van der Waals surface area contributed by atoms with Gasteiger partial charge in [0, 0.05) is 53.6 Å². The van der Waals surface area contributed by atoms with Crippen LogP contribution in [0.5, 0.6) is 0 Å². The predicted octanol–water partition coefficient (Wildman–Crippen LogP) is 21.1. The molecule has 5 heteroatoms. The van der Waals surface area contributed by atoms with Gasteiger partial charge in [0.05, 0.1) is 17.1 Å². The van der Waals surface area contributed by atoms with Crippen LogP contribution in [-0.2, 0) is 32.5 Å². The first kappa shape index (κ1) is 52.0. The fourth-order valence-corrected chi connectivity index (χ4v) is 17.4. The molecule has 2 aromatic heterocycles. The van der Waals surface area contributed by atoms with Gasteiger partial charge in [-0.1, -0.05) is 193 Å². The van der Waals surface area contributed by atoms with Gasteiger partial charge in [-0.3, -0.25) is 0 Å². The van der Waals surface area contributed by atoms with E-state index in [2.05, 4.69) is 270 Å². The molecule has 416 valence electrons. The highest BCUT2D eigenvalue weighted by Crippen LogP contribution is 2.61. The summed E-state index contributed by atoms with van der Waals surface area (Å²) >= 11 is 2.02. The summed E-state index contributed by atoms with van der Waals surface area (Å²) in [7, 11) is 0. The smallest absolute Gasteiger partial charge is 0.343 e. The van der Waals surface area contributed by atoms with Crippen molar-refractivity contribution >= 4 is 88.9 Å². The first-order valence-corrected chi connectivity index (χ1v) is 31.8. The Morgan fingerprint density at radius 2 is 1.01 bits per heavy atom. The third kappa shape index (κ3) is 7.30. The van der Waals surface area contributed by atoms with Crippen LogP contribution in [0.4, 0.5) is 28.4 Å². The van der Waals surface area contributed by atoms with E-state index in [-0.39, 0.29) is 39.3 Å². The molecule has 11 aromatic rings. The van der Waals surface area contributed by atoms with Crippen LogP contribution >= 0.6 is 11.3 Å². The van der Waals surface area contributed by atoms with Gasteiger partial charge in [-0.2, -0.15) is 0 Å². The zero-order valence-electron chi connectivity index (χ0n) is 51.3. The quantitative estimate of drug-likeness (QED) is 0.164. The van der Waals surface area contributed by atoms with E-state index >= 15 is 0 Å². The lowest BCUT2D eigenvalue weighted by molar-refractivity contribution is 0.331. The van der Waals surface area contributed by atoms with E-state index in [0.29, 0.717) is 0 Å². The molecular formula is C79H75BN2OS. The minimum absolute atomic E-state index is 0.000153. The summed E-state index contributed by atoms with van der Waals surface area (Å²) in [4.78, 5) is 5.47. The van der Waals surface area contributed by atoms with E-state index in [1.807, 2.05) is 11.3 Å². The van der Waals surface area contributed by atoms with Crippen molar-refractivity contribution in [3.63, 3.8) is 0 Å². The molecule has 84 heavy (non-hydrogen) atoms. The molecule has 0 radical (unpaired) electrons. The second kappa shape index (κ2) is 17.3. The molecule has 0 unspecified atom stereocenters. The van der Waals surface area contributed by atoms with Gasteiger partial charge < -0.3 is 14.1 Å². The van der Waals surface area contributed by atoms with Gasteiger partial charge in [-0.05, 0) is 197 Å². The van der Waals surface area contributed by atoms with E-state index in [0.717, 1.165) is 46.2 Å². The first-order chi connectivity index (χ1) is 40.0. The van der Waals surface area contributed by atoms with Gasteiger partial charge in [-0.25, -0.2) is 0 Å². The minimum Gasteiger partial charge on any atom is -0.454 e. The zero-order valence-corrected chi connectivity index (χ0v) is 52.1. The van der Waals surface area contributed by atoms with E-state index < -0.39 is 0 Å². The van der Waals surface area contributed by atoms with Crippen LogP contribution in [-0.4, -0.2) is 6.85 Å². The highest BCUT2D eigenvalue weighted by molar-refractivity contribution is 7.32. The van der Waals surface area contributed by atoms with Crippen molar-refractivity contribution in [1.82, 2.24) is 0 Å². The molecule has 0 N–H and O–H groups in total. The molecule has 3 aliphatic carbocycles. The third-order valence-corrected chi connectivity index (χ3v) is 22.5. The minimum atomic E-state index is -0.247. The molecule has 0 spiro atoms. The van der Waals surface area contributed by atoms with Crippen LogP contribution in [0.25, 0.3) is 76.5 Å². The maximum Gasteiger partial charge on any atom is 0.343 e. The highest BCUT2D eigenvalue weighted by atomic mass is 32.1. The summed E-state index contributed by atoms with van der Waals surface area (Å²) in [5.74, 6) is 0. The van der Waals surface area contributed by atoms with Crippen LogP contribution in [0.2, 0.25) is 0 Å². The molecular weight excluding hydrogens is 1040 g/mol. The maximum atomic E-state index is 7.53. The van der Waals surface area contributed by atoms with Crippen LogP contribution in [0, 0.1) is 0 Å². The Labute approximate surface area is 501 Å². The van der Waals surface area contributed by atoms with Crippen molar-refractivity contribution in [3.8, 4) is 44.5 Å². The summed E-state index contributed by atoms with van der Waals surface area (Å²) in [6.45, 7) is 31.6. The summed E-state index contributed by atoms with van der Waals surface area (Å²) < 4.78 is 10.2. The Morgan fingerprint density at radius 1 is 0.440 bits per heavy atom. The lowest BCUT2D eigenvalue weighted by Crippen LogP contribution is -2.60. The number of benzene rings is 9. The fourth-order valence-electron chi connectivity index (χ4n) is 16.0. The van der Waals surface area contributed by atoms with Gasteiger partial charge in [0.15, 0.2) is 5.58 Å². The van der Waals surface area contributed by atoms with Crippen molar-refractivity contribution in [2.75, 3.05) is 9.71 Å². The van der Waals surface area contributed by atoms with Crippen molar-refractivity contribution in [2.45, 2.75) is 148 Å². The Kier molecular flexibility index (Phi) is 10.7. The van der Waals surface area contributed by atoms with Gasteiger partial charge in [-0.15, -0.1) is 11.3 Å². The number of anilines is 5. The SMILES string of the molecule is CC(C)(C)c1ccc(N2c3c(sc4cc5c(cc34)C(C)(C)CCC5(C)C)B3c4c(cc5c(oc6ccccc65)c42)-c2cc4c(cc2N3c2ccc(-c3ccccc3)cc2)C(C)(C)c2cc3c(cc2-4)C(C)(C)CCC3(C)C)c(-c2ccccc2)c1. The number of fused-ring (bicyclic) bond motifs is 15. The largest absolute Gasteiger partial charge is 0.454 e. The average Bonchev–Trinajstić information content (AvgIpc) is 1.53. The molecule has 3 nitrogen and oxygen atoms in total. The monoisotopic (exact) mass is 1110 g/mol. The first-order valence-electron chi connectivity index (χ1n) is 30.9. The fraction of sp³-hybridized carbons (Fsp3) is 0.291. The lowest BCUT2D eigenvalue weighted by atomic mass is 9.46. The van der Waals surface area contributed by atoms with Gasteiger partial charge in [0.1, 0.15) is 5.58 Å². The van der Waals surface area contributed by atoms with Gasteiger partial charge in [0.2, 0.25) is 0 Å². The van der Waals surface area contributed by atoms with Crippen LogP contribution in [0.1, 0.15) is 155 Å². The molecule has 0 saturated heterocycles. The van der Waals surface area contributed by atoms with Crippen molar-refractivity contribution in [3.05, 3.63) is 209 Å². The third-order valence-electron chi connectivity index (χ3n) is 21.3. The molecule has 0 atom stereocenters. The Balaban J connectivity index is 1.08. The van der Waals surface area contributed by atoms with Crippen LogP contribution < -0.4 is 20.0 Å². The molecule has 2 aliphatic heterocycles. The summed E-state index contributed by atoms with van der Waals surface area (Å²) in [6.07, 6.45) is 4.66. The van der Waals surface area contributed by atoms with Gasteiger partial charge >= 0.3 is 6.85 Å². The Morgan fingerprint density at radius 3 is 1.68 bits per heavy atom. The molecule has 4 heterocycles. The number of hydrogen-bond donors (Lipinski definition) is 0.